The van der Waals surface area contributed by atoms with Gasteiger partial charge < -0.3 is 5.32 Å². The summed E-state index contributed by atoms with van der Waals surface area (Å²) in [5, 5.41) is 2.88. The van der Waals surface area contributed by atoms with Crippen LogP contribution in [0, 0.1) is 16.4 Å². The first-order valence-electron chi connectivity index (χ1n) is 8.35. The molecule has 3 amide bonds. The lowest BCUT2D eigenvalue weighted by atomic mass is 10.0. The van der Waals surface area contributed by atoms with Crippen LogP contribution >= 0.6 is 22.6 Å². The minimum atomic E-state index is -0.874. The number of nitrogens with zero attached hydrogens (tertiary/aromatic N) is 1. The summed E-state index contributed by atoms with van der Waals surface area (Å²) in [7, 11) is 0. The molecule has 2 aromatic carbocycles. The molecule has 0 saturated heterocycles. The van der Waals surface area contributed by atoms with E-state index in [-0.39, 0.29) is 11.8 Å². The molecule has 1 N–H and O–H groups in total. The number of rotatable bonds is 4. The van der Waals surface area contributed by atoms with Crippen LogP contribution < -0.4 is 5.32 Å². The first-order chi connectivity index (χ1) is 12.3. The van der Waals surface area contributed by atoms with E-state index < -0.39 is 17.9 Å². The Labute approximate surface area is 165 Å². The highest BCUT2D eigenvalue weighted by Crippen LogP contribution is 2.28. The largest absolute Gasteiger partial charge is 0.324 e. The van der Waals surface area contributed by atoms with Gasteiger partial charge in [-0.25, -0.2) is 0 Å². The lowest BCUT2D eigenvalue weighted by Gasteiger charge is -2.28. The molecule has 3 rings (SSSR count). The normalized spacial score (nSPS) is 14.6. The van der Waals surface area contributed by atoms with Gasteiger partial charge in [-0.1, -0.05) is 26.0 Å². The van der Waals surface area contributed by atoms with Crippen LogP contribution in [0.2, 0.25) is 0 Å². The van der Waals surface area contributed by atoms with E-state index >= 15 is 0 Å². The average Bonchev–Trinajstić information content (AvgIpc) is 2.83. The minimum Gasteiger partial charge on any atom is -0.324 e. The van der Waals surface area contributed by atoms with Crippen LogP contribution in [-0.2, 0) is 4.79 Å². The molecule has 0 spiro atoms. The molecule has 0 unspecified atom stereocenters. The Balaban J connectivity index is 1.92. The molecule has 2 aromatic rings. The van der Waals surface area contributed by atoms with Crippen molar-refractivity contribution >= 4 is 46.0 Å². The third-order valence-electron chi connectivity index (χ3n) is 4.45. The molecule has 0 radical (unpaired) electrons. The number of hydrogen-bond donors (Lipinski definition) is 1. The van der Waals surface area contributed by atoms with Gasteiger partial charge in [-0.2, -0.15) is 0 Å². The highest BCUT2D eigenvalue weighted by atomic mass is 127. The maximum Gasteiger partial charge on any atom is 0.262 e. The van der Waals surface area contributed by atoms with Crippen LogP contribution in [0.25, 0.3) is 0 Å². The number of anilines is 1. The summed E-state index contributed by atoms with van der Waals surface area (Å²) in [5.74, 6) is -1.42. The Hall–Kier alpha value is -2.22. The monoisotopic (exact) mass is 462 g/mol. The standard InChI is InChI=1S/C20H19IN2O3/c1-11(2)17(18(24)22-16-9-8-13(21)10-12(16)3)23-19(25)14-6-4-5-7-15(14)20(23)26/h4-11,17H,1-3H3,(H,22,24)/t17-/m0/s1. The number of benzene rings is 2. The topological polar surface area (TPSA) is 66.5 Å². The molecule has 26 heavy (non-hydrogen) atoms. The minimum absolute atomic E-state index is 0.221. The second-order valence-corrected chi connectivity index (χ2v) is 7.91. The van der Waals surface area contributed by atoms with Gasteiger partial charge in [0.15, 0.2) is 0 Å². The van der Waals surface area contributed by atoms with E-state index in [4.69, 9.17) is 0 Å². The van der Waals surface area contributed by atoms with E-state index in [9.17, 15) is 14.4 Å². The lowest BCUT2D eigenvalue weighted by Crippen LogP contribution is -2.50. The summed E-state index contributed by atoms with van der Waals surface area (Å²) >= 11 is 2.21. The number of halogens is 1. The molecule has 0 bridgehead atoms. The van der Waals surface area contributed by atoms with Crippen molar-refractivity contribution in [2.24, 2.45) is 5.92 Å². The lowest BCUT2D eigenvalue weighted by molar-refractivity contribution is -0.121. The molecule has 0 aliphatic carbocycles. The third kappa shape index (κ3) is 3.25. The Morgan fingerprint density at radius 2 is 1.62 bits per heavy atom. The molecule has 1 aliphatic heterocycles. The molecule has 1 heterocycles. The van der Waals surface area contributed by atoms with Gasteiger partial charge in [0.2, 0.25) is 5.91 Å². The zero-order valence-electron chi connectivity index (χ0n) is 14.7. The summed E-state index contributed by atoms with van der Waals surface area (Å²) in [6, 6.07) is 11.5. The Morgan fingerprint density at radius 1 is 1.04 bits per heavy atom. The number of carbonyl (C=O) groups is 3. The van der Waals surface area contributed by atoms with Crippen LogP contribution in [0.15, 0.2) is 42.5 Å². The summed E-state index contributed by atoms with van der Waals surface area (Å²) in [6.07, 6.45) is 0. The Bertz CT molecular complexity index is 873. The fraction of sp³-hybridized carbons (Fsp3) is 0.250. The maximum absolute atomic E-state index is 13.0. The summed E-state index contributed by atoms with van der Waals surface area (Å²) < 4.78 is 1.07. The highest BCUT2D eigenvalue weighted by molar-refractivity contribution is 14.1. The maximum atomic E-state index is 13.0. The molecule has 1 atom stereocenters. The first kappa shape index (κ1) is 18.6. The number of fused-ring (bicyclic) bond motifs is 1. The quantitative estimate of drug-likeness (QED) is 0.555. The first-order valence-corrected chi connectivity index (χ1v) is 9.43. The van der Waals surface area contributed by atoms with Crippen molar-refractivity contribution in [3.63, 3.8) is 0 Å². The third-order valence-corrected chi connectivity index (χ3v) is 5.12. The highest BCUT2D eigenvalue weighted by Gasteiger charge is 2.43. The molecule has 0 saturated carbocycles. The fourth-order valence-corrected chi connectivity index (χ4v) is 3.80. The summed E-state index contributed by atoms with van der Waals surface area (Å²) in [5.41, 5.74) is 2.30. The number of hydrogen-bond acceptors (Lipinski definition) is 3. The van der Waals surface area contributed by atoms with Crippen molar-refractivity contribution in [2.45, 2.75) is 26.8 Å². The van der Waals surface area contributed by atoms with Gasteiger partial charge in [0.05, 0.1) is 11.1 Å². The van der Waals surface area contributed by atoms with Gasteiger partial charge in [0.25, 0.3) is 11.8 Å². The number of imide groups is 1. The zero-order chi connectivity index (χ0) is 19.0. The molecule has 6 heteroatoms. The molecular formula is C20H19IN2O3. The van der Waals surface area contributed by atoms with E-state index in [1.54, 1.807) is 24.3 Å². The van der Waals surface area contributed by atoms with Crippen molar-refractivity contribution < 1.29 is 14.4 Å². The van der Waals surface area contributed by atoms with Gasteiger partial charge in [-0.15, -0.1) is 0 Å². The predicted octanol–water partition coefficient (Wildman–Crippen LogP) is 3.86. The summed E-state index contributed by atoms with van der Waals surface area (Å²) in [6.45, 7) is 5.56. The zero-order valence-corrected chi connectivity index (χ0v) is 16.9. The van der Waals surface area contributed by atoms with Crippen LogP contribution in [0.4, 0.5) is 5.69 Å². The van der Waals surface area contributed by atoms with E-state index in [1.165, 1.54) is 0 Å². The van der Waals surface area contributed by atoms with Gasteiger partial charge in [-0.3, -0.25) is 19.3 Å². The van der Waals surface area contributed by atoms with Crippen LogP contribution in [0.1, 0.15) is 40.1 Å². The second-order valence-electron chi connectivity index (χ2n) is 6.66. The number of carbonyl (C=O) groups excluding carboxylic acids is 3. The molecule has 5 nitrogen and oxygen atoms in total. The van der Waals surface area contributed by atoms with E-state index in [2.05, 4.69) is 27.9 Å². The molecule has 0 fully saturated rings. The number of nitrogens with one attached hydrogen (secondary N) is 1. The van der Waals surface area contributed by atoms with Crippen molar-refractivity contribution in [1.82, 2.24) is 4.90 Å². The van der Waals surface area contributed by atoms with E-state index in [0.717, 1.165) is 14.0 Å². The van der Waals surface area contributed by atoms with Crippen LogP contribution in [-0.4, -0.2) is 28.7 Å². The van der Waals surface area contributed by atoms with E-state index in [0.29, 0.717) is 16.8 Å². The number of aryl methyl sites for hydroxylation is 1. The van der Waals surface area contributed by atoms with Crippen LogP contribution in [0.3, 0.4) is 0 Å². The average molecular weight is 462 g/mol. The summed E-state index contributed by atoms with van der Waals surface area (Å²) in [4.78, 5) is 39.5. The Kier molecular flexibility index (Phi) is 5.13. The van der Waals surface area contributed by atoms with Crippen molar-refractivity contribution in [1.29, 1.82) is 0 Å². The van der Waals surface area contributed by atoms with Crippen molar-refractivity contribution in [3.05, 3.63) is 62.7 Å². The molecule has 134 valence electrons. The predicted molar refractivity (Wildman–Crippen MR) is 108 cm³/mol. The van der Waals surface area contributed by atoms with Gasteiger partial charge >= 0.3 is 0 Å². The Morgan fingerprint density at radius 3 is 2.12 bits per heavy atom. The number of amides is 3. The molecule has 1 aliphatic rings. The molecule has 0 aromatic heterocycles. The smallest absolute Gasteiger partial charge is 0.262 e. The van der Waals surface area contributed by atoms with Crippen molar-refractivity contribution in [2.75, 3.05) is 5.32 Å². The van der Waals surface area contributed by atoms with Gasteiger partial charge in [0.1, 0.15) is 6.04 Å². The molecular weight excluding hydrogens is 443 g/mol. The van der Waals surface area contributed by atoms with Gasteiger partial charge in [0, 0.05) is 9.26 Å². The van der Waals surface area contributed by atoms with Crippen LogP contribution in [0.5, 0.6) is 0 Å². The SMILES string of the molecule is Cc1cc(I)ccc1NC(=O)[C@H](C(C)C)N1C(=O)c2ccccc2C1=O. The van der Waals surface area contributed by atoms with E-state index in [1.807, 2.05) is 39.0 Å². The second kappa shape index (κ2) is 7.19. The van der Waals surface area contributed by atoms with Crippen molar-refractivity contribution in [3.8, 4) is 0 Å². The fourth-order valence-electron chi connectivity index (χ4n) is 3.15. The van der Waals surface area contributed by atoms with Gasteiger partial charge in [-0.05, 0) is 71.3 Å².